The Balaban J connectivity index is 1.94. The molecule has 0 unspecified atom stereocenters. The molecule has 9 heteroatoms. The molecular formula is C19H32N6O3. The molecule has 0 aromatic carbocycles. The number of aryl methyl sites for hydroxylation is 1. The number of carbonyl (C=O) groups excluding carboxylic acids is 2. The van der Waals surface area contributed by atoms with Crippen LogP contribution in [0.4, 0.5) is 5.95 Å². The fourth-order valence-electron chi connectivity index (χ4n) is 3.37. The third-order valence-corrected chi connectivity index (χ3v) is 4.85. The molecule has 1 aromatic heterocycles. The third kappa shape index (κ3) is 7.40. The lowest BCUT2D eigenvalue weighted by Crippen LogP contribution is -2.40. The molecule has 1 aliphatic rings. The standard InChI is InChI=1S/C19H32N6O3/c1-3-4-5-8-16(12-25(28)14-26)18(27)22-23-19-20-15(2)11-17(21-19)13-24-9-6-7-10-24/h11,14,16,28H,3-10,12-13H2,1-2H3,(H,22,27)(H,20,21,23)/t16-/m1/s1. The number of aromatic nitrogens is 2. The number of anilines is 1. The maximum atomic E-state index is 12.5. The van der Waals surface area contributed by atoms with Crippen molar-refractivity contribution in [2.24, 2.45) is 5.92 Å². The Labute approximate surface area is 166 Å². The number of hydrazine groups is 1. The van der Waals surface area contributed by atoms with Gasteiger partial charge in [-0.2, -0.15) is 0 Å². The second kappa shape index (κ2) is 11.6. The average Bonchev–Trinajstić information content (AvgIpc) is 3.17. The second-order valence-electron chi connectivity index (χ2n) is 7.34. The monoisotopic (exact) mass is 392 g/mol. The zero-order valence-corrected chi connectivity index (χ0v) is 16.9. The van der Waals surface area contributed by atoms with Crippen molar-refractivity contribution < 1.29 is 14.8 Å². The summed E-state index contributed by atoms with van der Waals surface area (Å²) in [6, 6.07) is 1.95. The highest BCUT2D eigenvalue weighted by Crippen LogP contribution is 2.14. The van der Waals surface area contributed by atoms with Crippen molar-refractivity contribution in [3.63, 3.8) is 0 Å². The maximum Gasteiger partial charge on any atom is 0.243 e. The van der Waals surface area contributed by atoms with Gasteiger partial charge in [0.2, 0.25) is 18.3 Å². The molecule has 1 saturated heterocycles. The molecule has 1 aromatic rings. The van der Waals surface area contributed by atoms with Crippen molar-refractivity contribution in [1.29, 1.82) is 0 Å². The quantitative estimate of drug-likeness (QED) is 0.215. The molecule has 0 aliphatic carbocycles. The molecule has 3 N–H and O–H groups in total. The number of likely N-dealkylation sites (tertiary alicyclic amines) is 1. The molecule has 2 amide bonds. The van der Waals surface area contributed by atoms with Crippen LogP contribution in [0.1, 0.15) is 56.8 Å². The summed E-state index contributed by atoms with van der Waals surface area (Å²) in [6.45, 7) is 6.85. The van der Waals surface area contributed by atoms with E-state index < -0.39 is 5.92 Å². The van der Waals surface area contributed by atoms with E-state index in [1.54, 1.807) is 0 Å². The van der Waals surface area contributed by atoms with Gasteiger partial charge in [0, 0.05) is 12.2 Å². The molecule has 9 nitrogen and oxygen atoms in total. The van der Waals surface area contributed by atoms with Crippen LogP contribution < -0.4 is 10.9 Å². The summed E-state index contributed by atoms with van der Waals surface area (Å²) >= 11 is 0. The molecule has 28 heavy (non-hydrogen) atoms. The normalized spacial score (nSPS) is 15.2. The predicted molar refractivity (Wildman–Crippen MR) is 105 cm³/mol. The molecule has 0 spiro atoms. The zero-order chi connectivity index (χ0) is 20.4. The number of hydrogen-bond donors (Lipinski definition) is 3. The van der Waals surface area contributed by atoms with Gasteiger partial charge in [0.15, 0.2) is 0 Å². The lowest BCUT2D eigenvalue weighted by Gasteiger charge is -2.20. The largest absolute Gasteiger partial charge is 0.298 e. The van der Waals surface area contributed by atoms with Crippen molar-refractivity contribution in [3.8, 4) is 0 Å². The van der Waals surface area contributed by atoms with E-state index in [1.807, 2.05) is 13.0 Å². The van der Waals surface area contributed by atoms with Gasteiger partial charge in [0.1, 0.15) is 0 Å². The van der Waals surface area contributed by atoms with Crippen LogP contribution in [0.15, 0.2) is 6.07 Å². The Kier molecular flexibility index (Phi) is 9.09. The van der Waals surface area contributed by atoms with Crippen LogP contribution in [-0.4, -0.2) is 57.1 Å². The highest BCUT2D eigenvalue weighted by Gasteiger charge is 2.21. The van der Waals surface area contributed by atoms with E-state index in [2.05, 4.69) is 32.6 Å². The van der Waals surface area contributed by atoms with E-state index in [0.717, 1.165) is 50.3 Å². The zero-order valence-electron chi connectivity index (χ0n) is 16.9. The van der Waals surface area contributed by atoms with E-state index in [9.17, 15) is 14.8 Å². The topological polar surface area (TPSA) is 111 Å². The van der Waals surface area contributed by atoms with Gasteiger partial charge in [-0.15, -0.1) is 0 Å². The van der Waals surface area contributed by atoms with Crippen LogP contribution in [0.2, 0.25) is 0 Å². The van der Waals surface area contributed by atoms with Gasteiger partial charge in [-0.3, -0.25) is 30.5 Å². The van der Waals surface area contributed by atoms with Crippen molar-refractivity contribution in [2.45, 2.75) is 58.9 Å². The molecule has 1 fully saturated rings. The highest BCUT2D eigenvalue weighted by atomic mass is 16.5. The minimum absolute atomic E-state index is 0.0460. The molecular weight excluding hydrogens is 360 g/mol. The van der Waals surface area contributed by atoms with E-state index in [0.29, 0.717) is 23.8 Å². The van der Waals surface area contributed by atoms with Crippen molar-refractivity contribution in [3.05, 3.63) is 17.5 Å². The Hall–Kier alpha value is -2.26. The van der Waals surface area contributed by atoms with Gasteiger partial charge in [0.25, 0.3) is 0 Å². The lowest BCUT2D eigenvalue weighted by molar-refractivity contribution is -0.154. The van der Waals surface area contributed by atoms with Crippen molar-refractivity contribution >= 4 is 18.3 Å². The van der Waals surface area contributed by atoms with Crippen LogP contribution in [0.3, 0.4) is 0 Å². The molecule has 156 valence electrons. The number of nitrogens with one attached hydrogen (secondary N) is 2. The molecule has 1 atom stereocenters. The molecule has 0 radical (unpaired) electrons. The van der Waals surface area contributed by atoms with Gasteiger partial charge in [0.05, 0.1) is 18.2 Å². The van der Waals surface area contributed by atoms with Crippen LogP contribution in [0.5, 0.6) is 0 Å². The molecule has 0 saturated carbocycles. The second-order valence-corrected chi connectivity index (χ2v) is 7.34. The summed E-state index contributed by atoms with van der Waals surface area (Å²) in [7, 11) is 0. The van der Waals surface area contributed by atoms with Gasteiger partial charge in [-0.1, -0.05) is 26.2 Å². The number of carbonyl (C=O) groups is 2. The van der Waals surface area contributed by atoms with E-state index in [4.69, 9.17) is 0 Å². The molecule has 1 aliphatic heterocycles. The SMILES string of the molecule is CCCCC[C@H](CN(O)C=O)C(=O)NNc1nc(C)cc(CN2CCCC2)n1. The smallest absolute Gasteiger partial charge is 0.243 e. The fraction of sp³-hybridized carbons (Fsp3) is 0.684. The minimum atomic E-state index is -0.511. The predicted octanol–water partition coefficient (Wildman–Crippen LogP) is 1.87. The first-order valence-corrected chi connectivity index (χ1v) is 10.1. The number of nitrogens with zero attached hydrogens (tertiary/aromatic N) is 4. The summed E-state index contributed by atoms with van der Waals surface area (Å²) < 4.78 is 0. The maximum absolute atomic E-state index is 12.5. The fourth-order valence-corrected chi connectivity index (χ4v) is 3.37. The van der Waals surface area contributed by atoms with Gasteiger partial charge in [-0.05, 0) is 45.3 Å². The summed E-state index contributed by atoms with van der Waals surface area (Å²) in [5.74, 6) is -0.475. The van der Waals surface area contributed by atoms with Gasteiger partial charge in [-0.25, -0.2) is 15.0 Å². The van der Waals surface area contributed by atoms with Crippen molar-refractivity contribution in [1.82, 2.24) is 25.4 Å². The van der Waals surface area contributed by atoms with Gasteiger partial charge < -0.3 is 0 Å². The first-order chi connectivity index (χ1) is 13.5. The minimum Gasteiger partial charge on any atom is -0.298 e. The third-order valence-electron chi connectivity index (χ3n) is 4.85. The van der Waals surface area contributed by atoms with Crippen LogP contribution in [0, 0.1) is 12.8 Å². The van der Waals surface area contributed by atoms with Crippen LogP contribution in [-0.2, 0) is 16.1 Å². The number of unbranched alkanes of at least 4 members (excludes halogenated alkanes) is 2. The summed E-state index contributed by atoms with van der Waals surface area (Å²) in [5.41, 5.74) is 7.14. The molecule has 2 heterocycles. The Morgan fingerprint density at radius 2 is 2.11 bits per heavy atom. The number of hydroxylamine groups is 2. The summed E-state index contributed by atoms with van der Waals surface area (Å²) in [5, 5.41) is 9.97. The average molecular weight is 393 g/mol. The number of rotatable bonds is 12. The lowest BCUT2D eigenvalue weighted by atomic mass is 10.0. The number of amides is 2. The first kappa shape index (κ1) is 22.0. The van der Waals surface area contributed by atoms with E-state index >= 15 is 0 Å². The van der Waals surface area contributed by atoms with Crippen LogP contribution in [0.25, 0.3) is 0 Å². The Morgan fingerprint density at radius 3 is 2.79 bits per heavy atom. The first-order valence-electron chi connectivity index (χ1n) is 10.1. The molecule has 2 rings (SSSR count). The van der Waals surface area contributed by atoms with Gasteiger partial charge >= 0.3 is 0 Å². The molecule has 0 bridgehead atoms. The van der Waals surface area contributed by atoms with E-state index in [1.165, 1.54) is 12.8 Å². The van der Waals surface area contributed by atoms with Crippen LogP contribution >= 0.6 is 0 Å². The number of hydrogen-bond acceptors (Lipinski definition) is 7. The van der Waals surface area contributed by atoms with E-state index in [-0.39, 0.29) is 12.5 Å². The Morgan fingerprint density at radius 1 is 1.36 bits per heavy atom. The summed E-state index contributed by atoms with van der Waals surface area (Å²) in [4.78, 5) is 34.4. The van der Waals surface area contributed by atoms with Crippen molar-refractivity contribution in [2.75, 3.05) is 25.1 Å². The Bertz CT molecular complexity index is 636. The highest BCUT2D eigenvalue weighted by molar-refractivity contribution is 5.80. The summed E-state index contributed by atoms with van der Waals surface area (Å²) in [6.07, 6.45) is 6.19.